The van der Waals surface area contributed by atoms with E-state index in [1.807, 2.05) is 12.3 Å². The van der Waals surface area contributed by atoms with Crippen LogP contribution in [0.1, 0.15) is 41.7 Å². The number of carbonyl (C=O) groups is 2. The van der Waals surface area contributed by atoms with Crippen molar-refractivity contribution in [3.05, 3.63) is 46.5 Å². The molecule has 1 aromatic carbocycles. The lowest BCUT2D eigenvalue weighted by molar-refractivity contribution is -0.138. The highest BCUT2D eigenvalue weighted by molar-refractivity contribution is 7.19. The number of anilines is 1. The summed E-state index contributed by atoms with van der Waals surface area (Å²) in [7, 11) is 0. The lowest BCUT2D eigenvalue weighted by atomic mass is 9.90. The summed E-state index contributed by atoms with van der Waals surface area (Å²) < 4.78 is 1.10. The Labute approximate surface area is 208 Å². The lowest BCUT2D eigenvalue weighted by Crippen LogP contribution is -2.40. The van der Waals surface area contributed by atoms with Crippen LogP contribution in [0, 0.1) is 6.92 Å². The molecule has 0 unspecified atom stereocenters. The Balaban J connectivity index is 1.43. The van der Waals surface area contributed by atoms with Gasteiger partial charge in [0, 0.05) is 65.9 Å². The van der Waals surface area contributed by atoms with E-state index in [0.29, 0.717) is 25.4 Å². The number of benzene rings is 1. The quantitative estimate of drug-likeness (QED) is 0.534. The van der Waals surface area contributed by atoms with Crippen molar-refractivity contribution in [2.75, 3.05) is 24.6 Å². The molecule has 3 aliphatic rings. The largest absolute Gasteiger partial charge is 0.395 e. The number of carbonyl (C=O) groups excluding carboxylic acids is 2. The molecule has 2 atom stereocenters. The Morgan fingerprint density at radius 3 is 2.74 bits per heavy atom. The van der Waals surface area contributed by atoms with Gasteiger partial charge in [0.25, 0.3) is 0 Å². The molecular weight excluding hydrogens is 460 g/mol. The Bertz CT molecular complexity index is 1300. The summed E-state index contributed by atoms with van der Waals surface area (Å²) in [6, 6.07) is 9.23. The molecule has 3 aromatic rings. The van der Waals surface area contributed by atoms with Gasteiger partial charge in [-0.2, -0.15) is 0 Å². The van der Waals surface area contributed by atoms with Gasteiger partial charge in [-0.1, -0.05) is 11.6 Å². The van der Waals surface area contributed by atoms with Crippen LogP contribution in [0.3, 0.4) is 0 Å². The first-order valence-corrected chi connectivity index (χ1v) is 13.3. The molecule has 2 fully saturated rings. The molecule has 8 heteroatoms. The first-order valence-electron chi connectivity index (χ1n) is 12.5. The number of hydrogen-bond donors (Lipinski definition) is 2. The minimum absolute atomic E-state index is 0.0876. The van der Waals surface area contributed by atoms with Crippen molar-refractivity contribution in [2.24, 2.45) is 0 Å². The maximum absolute atomic E-state index is 12.2. The van der Waals surface area contributed by atoms with Crippen LogP contribution in [0.25, 0.3) is 21.3 Å². The van der Waals surface area contributed by atoms with Crippen LogP contribution in [0.2, 0.25) is 0 Å². The third-order valence-corrected chi connectivity index (χ3v) is 8.69. The maximum atomic E-state index is 12.2. The van der Waals surface area contributed by atoms with Gasteiger partial charge in [-0.15, -0.1) is 11.3 Å². The Hall–Kier alpha value is -2.81. The fraction of sp³-hybridized carbons (Fsp3) is 0.444. The number of thiophene rings is 1. The molecule has 2 N–H and O–H groups in total. The molecule has 6 rings (SSSR count). The van der Waals surface area contributed by atoms with Gasteiger partial charge in [0.2, 0.25) is 11.8 Å². The lowest BCUT2D eigenvalue weighted by Gasteiger charge is -2.38. The van der Waals surface area contributed by atoms with Crippen LogP contribution in [-0.4, -0.2) is 58.6 Å². The molecule has 0 radical (unpaired) electrons. The van der Waals surface area contributed by atoms with Crippen molar-refractivity contribution in [1.82, 2.24) is 15.2 Å². The highest BCUT2D eigenvalue weighted by Gasteiger charge is 2.33. The number of amides is 2. The number of aryl methyl sites for hydroxylation is 2. The highest BCUT2D eigenvalue weighted by atomic mass is 32.1. The van der Waals surface area contributed by atoms with Crippen LogP contribution in [0.15, 0.2) is 30.5 Å². The van der Waals surface area contributed by atoms with E-state index >= 15 is 0 Å². The second-order valence-corrected chi connectivity index (χ2v) is 11.1. The number of hydrogen-bond acceptors (Lipinski definition) is 7. The number of likely N-dealkylation sites (tertiary alicyclic amines) is 1. The fourth-order valence-corrected chi connectivity index (χ4v) is 7.04. The third kappa shape index (κ3) is 4.03. The van der Waals surface area contributed by atoms with E-state index in [1.54, 1.807) is 11.3 Å². The minimum Gasteiger partial charge on any atom is -0.395 e. The van der Waals surface area contributed by atoms with Crippen LogP contribution >= 0.6 is 11.3 Å². The number of aromatic nitrogens is 1. The van der Waals surface area contributed by atoms with Gasteiger partial charge < -0.3 is 15.3 Å². The number of pyridine rings is 1. The zero-order valence-electron chi connectivity index (χ0n) is 19.9. The van der Waals surface area contributed by atoms with E-state index in [4.69, 9.17) is 0 Å². The number of aliphatic hydroxyl groups excluding tert-OH is 1. The van der Waals surface area contributed by atoms with Crippen molar-refractivity contribution in [2.45, 2.75) is 57.7 Å². The number of rotatable bonds is 5. The molecule has 35 heavy (non-hydrogen) atoms. The number of nitrogens with one attached hydrogen (secondary N) is 1. The van der Waals surface area contributed by atoms with E-state index in [9.17, 15) is 14.7 Å². The third-order valence-electron chi connectivity index (χ3n) is 7.55. The van der Waals surface area contributed by atoms with Gasteiger partial charge >= 0.3 is 0 Å². The van der Waals surface area contributed by atoms with E-state index < -0.39 is 0 Å². The molecular formula is C27H30N4O3S. The van der Waals surface area contributed by atoms with E-state index in [0.717, 1.165) is 53.0 Å². The molecule has 2 saturated heterocycles. The van der Waals surface area contributed by atoms with Crippen molar-refractivity contribution in [3.8, 4) is 11.1 Å². The van der Waals surface area contributed by atoms with Crippen LogP contribution in [-0.2, 0) is 22.6 Å². The summed E-state index contributed by atoms with van der Waals surface area (Å²) in [5.41, 5.74) is 7.21. The van der Waals surface area contributed by atoms with Gasteiger partial charge in [0.15, 0.2) is 0 Å². The minimum atomic E-state index is -0.0876. The molecule has 0 bridgehead atoms. The zero-order chi connectivity index (χ0) is 24.1. The maximum Gasteiger partial charge on any atom is 0.230 e. The highest BCUT2D eigenvalue weighted by Crippen LogP contribution is 2.44. The fourth-order valence-electron chi connectivity index (χ4n) is 5.91. The van der Waals surface area contributed by atoms with Gasteiger partial charge in [0.05, 0.1) is 23.4 Å². The molecule has 0 spiro atoms. The molecule has 5 heterocycles. The van der Waals surface area contributed by atoms with Crippen LogP contribution in [0.5, 0.6) is 0 Å². The first-order chi connectivity index (χ1) is 17.0. The Morgan fingerprint density at radius 2 is 1.97 bits per heavy atom. The Morgan fingerprint density at radius 1 is 1.14 bits per heavy atom. The predicted molar refractivity (Wildman–Crippen MR) is 138 cm³/mol. The predicted octanol–water partition coefficient (Wildman–Crippen LogP) is 3.40. The van der Waals surface area contributed by atoms with E-state index in [-0.39, 0.29) is 24.5 Å². The summed E-state index contributed by atoms with van der Waals surface area (Å²) in [6.07, 6.45) is 5.62. The summed E-state index contributed by atoms with van der Waals surface area (Å²) in [5.74, 6) is -0.175. The SMILES string of the molecule is Cc1cc2c(c(-c3ccnc4cc(CN5C(=O)CCC5=O)sc34)c1)N([C@@H]1CN[C@@H](CO)C1)CCC2. The average molecular weight is 491 g/mol. The molecule has 0 aliphatic carbocycles. The normalized spacial score (nSPS) is 22.5. The monoisotopic (exact) mass is 490 g/mol. The number of imide groups is 1. The van der Waals surface area contributed by atoms with E-state index in [1.165, 1.54) is 27.3 Å². The van der Waals surface area contributed by atoms with Gasteiger partial charge in [-0.3, -0.25) is 19.5 Å². The molecule has 182 valence electrons. The van der Waals surface area contributed by atoms with Gasteiger partial charge in [0.1, 0.15) is 0 Å². The first kappa shape index (κ1) is 22.6. The summed E-state index contributed by atoms with van der Waals surface area (Å²) in [4.78, 5) is 33.9. The second-order valence-electron chi connectivity index (χ2n) is 9.95. The zero-order valence-corrected chi connectivity index (χ0v) is 20.7. The number of fused-ring (bicyclic) bond motifs is 2. The van der Waals surface area contributed by atoms with Crippen molar-refractivity contribution in [1.29, 1.82) is 0 Å². The molecule has 7 nitrogen and oxygen atoms in total. The molecule has 3 aliphatic heterocycles. The van der Waals surface area contributed by atoms with Crippen LogP contribution in [0.4, 0.5) is 5.69 Å². The smallest absolute Gasteiger partial charge is 0.230 e. The average Bonchev–Trinajstić information content (AvgIpc) is 3.58. The van der Waals surface area contributed by atoms with Crippen molar-refractivity contribution < 1.29 is 14.7 Å². The number of aliphatic hydroxyl groups is 1. The van der Waals surface area contributed by atoms with Crippen molar-refractivity contribution in [3.63, 3.8) is 0 Å². The van der Waals surface area contributed by atoms with Gasteiger partial charge in [-0.25, -0.2) is 0 Å². The summed E-state index contributed by atoms with van der Waals surface area (Å²) in [6.45, 7) is 4.54. The van der Waals surface area contributed by atoms with Crippen LogP contribution < -0.4 is 10.2 Å². The van der Waals surface area contributed by atoms with Crippen molar-refractivity contribution >= 4 is 39.1 Å². The Kier molecular flexibility index (Phi) is 5.82. The van der Waals surface area contributed by atoms with Gasteiger partial charge in [-0.05, 0) is 49.9 Å². The molecule has 0 saturated carbocycles. The van der Waals surface area contributed by atoms with E-state index in [2.05, 4.69) is 40.3 Å². The summed E-state index contributed by atoms with van der Waals surface area (Å²) in [5, 5.41) is 13.1. The molecule has 2 amide bonds. The standard InChI is InChI=1S/C27H30N4O3S/c1-16-9-17-3-2-8-30(19-11-18(15-32)29-13-19)26(17)22(10-16)21-6-7-28-23-12-20(35-27(21)23)14-31-24(33)4-5-25(31)34/h6-7,9-10,12,18-19,29,32H,2-5,8,11,13-15H2,1H3/t18-,19+/m1/s1. The summed E-state index contributed by atoms with van der Waals surface area (Å²) >= 11 is 1.63. The molecule has 2 aromatic heterocycles. The topological polar surface area (TPSA) is 85.8 Å². The second kappa shape index (κ2) is 9.00. The number of nitrogens with zero attached hydrogens (tertiary/aromatic N) is 3.